The summed E-state index contributed by atoms with van der Waals surface area (Å²) in [5, 5.41) is 8.86. The highest BCUT2D eigenvalue weighted by molar-refractivity contribution is 9.08. The van der Waals surface area contributed by atoms with E-state index in [1.165, 1.54) is 0 Å². The molecule has 0 bridgehead atoms. The second-order valence-electron chi connectivity index (χ2n) is 2.65. The van der Waals surface area contributed by atoms with Crippen LogP contribution in [0, 0.1) is 0 Å². The summed E-state index contributed by atoms with van der Waals surface area (Å²) in [6.07, 6.45) is -2.66. The van der Waals surface area contributed by atoms with Gasteiger partial charge in [-0.3, -0.25) is 4.79 Å². The summed E-state index contributed by atoms with van der Waals surface area (Å²) < 4.78 is 24.9. The number of aromatic amines is 1. The van der Waals surface area contributed by atoms with Gasteiger partial charge < -0.3 is 10.1 Å². The minimum absolute atomic E-state index is 0.0509. The van der Waals surface area contributed by atoms with E-state index in [0.717, 1.165) is 6.07 Å². The molecule has 0 atom stereocenters. The van der Waals surface area contributed by atoms with Crippen molar-refractivity contribution in [3.8, 4) is 0 Å². The number of rotatable bonds is 3. The van der Waals surface area contributed by atoms with E-state index in [-0.39, 0.29) is 22.2 Å². The number of halogens is 3. The van der Waals surface area contributed by atoms with E-state index in [9.17, 15) is 13.6 Å². The smallest absolute Gasteiger partial charge is 0.265 e. The van der Waals surface area contributed by atoms with Crippen LogP contribution in [-0.4, -0.2) is 10.1 Å². The number of aromatic nitrogens is 1. The van der Waals surface area contributed by atoms with Crippen LogP contribution in [0.1, 0.15) is 23.2 Å². The molecule has 0 aliphatic carbocycles. The van der Waals surface area contributed by atoms with Gasteiger partial charge in [0, 0.05) is 22.2 Å². The van der Waals surface area contributed by atoms with Gasteiger partial charge >= 0.3 is 0 Å². The lowest BCUT2D eigenvalue weighted by Crippen LogP contribution is -2.16. The molecule has 0 fully saturated rings. The number of H-pyrrole nitrogens is 1. The van der Waals surface area contributed by atoms with Gasteiger partial charge in [-0.2, -0.15) is 0 Å². The molecule has 78 valence electrons. The van der Waals surface area contributed by atoms with Gasteiger partial charge in [0.2, 0.25) is 0 Å². The first-order valence-corrected chi connectivity index (χ1v) is 4.92. The van der Waals surface area contributed by atoms with Crippen molar-refractivity contribution in [3.63, 3.8) is 0 Å². The molecule has 0 aliphatic heterocycles. The Morgan fingerprint density at radius 2 is 2.21 bits per heavy atom. The van der Waals surface area contributed by atoms with Gasteiger partial charge in [0.05, 0.1) is 6.61 Å². The first kappa shape index (κ1) is 11.3. The molecular weight excluding hydrogens is 260 g/mol. The third-order valence-electron chi connectivity index (χ3n) is 1.77. The first-order valence-electron chi connectivity index (χ1n) is 3.80. The average Bonchev–Trinajstić information content (AvgIpc) is 2.16. The summed E-state index contributed by atoms with van der Waals surface area (Å²) in [7, 11) is 0. The molecule has 1 heterocycles. The van der Waals surface area contributed by atoms with E-state index in [4.69, 9.17) is 5.11 Å². The van der Waals surface area contributed by atoms with E-state index in [1.54, 1.807) is 0 Å². The maximum Gasteiger partial charge on any atom is 0.265 e. The summed E-state index contributed by atoms with van der Waals surface area (Å²) in [6, 6.07) is 1.03. The van der Waals surface area contributed by atoms with Crippen LogP contribution < -0.4 is 5.56 Å². The third-order valence-corrected chi connectivity index (χ3v) is 2.33. The average molecular weight is 268 g/mol. The van der Waals surface area contributed by atoms with Gasteiger partial charge in [0.15, 0.2) is 0 Å². The molecule has 0 amide bonds. The molecular formula is C8H8BrF2NO2. The lowest BCUT2D eigenvalue weighted by Gasteiger charge is -2.07. The van der Waals surface area contributed by atoms with E-state index >= 15 is 0 Å². The van der Waals surface area contributed by atoms with Gasteiger partial charge in [-0.1, -0.05) is 15.9 Å². The number of nitrogens with one attached hydrogen (secondary N) is 1. The summed E-state index contributed by atoms with van der Waals surface area (Å²) in [5.41, 5.74) is -0.705. The van der Waals surface area contributed by atoms with Crippen molar-refractivity contribution >= 4 is 15.9 Å². The van der Waals surface area contributed by atoms with Crippen molar-refractivity contribution in [1.29, 1.82) is 0 Å². The van der Waals surface area contributed by atoms with Crippen LogP contribution in [0.25, 0.3) is 0 Å². The monoisotopic (exact) mass is 267 g/mol. The highest BCUT2D eigenvalue weighted by Crippen LogP contribution is 2.22. The number of aliphatic hydroxyl groups is 1. The molecule has 0 aromatic carbocycles. The standard InChI is InChI=1S/C8H8BrF2NO2/c9-2-6-5(7(10)11)1-4(3-13)8(14)12-6/h1,7,13H,2-3H2,(H,12,14). The van der Waals surface area contributed by atoms with Crippen molar-refractivity contribution in [2.75, 3.05) is 0 Å². The molecule has 3 nitrogen and oxygen atoms in total. The second kappa shape index (κ2) is 4.65. The molecule has 1 aromatic rings. The molecule has 0 radical (unpaired) electrons. The zero-order chi connectivity index (χ0) is 10.7. The molecule has 0 aliphatic rings. The molecule has 14 heavy (non-hydrogen) atoms. The normalized spacial score (nSPS) is 10.9. The fourth-order valence-electron chi connectivity index (χ4n) is 1.05. The van der Waals surface area contributed by atoms with Gasteiger partial charge in [0.1, 0.15) is 0 Å². The van der Waals surface area contributed by atoms with Crippen LogP contribution in [0.5, 0.6) is 0 Å². The summed E-state index contributed by atoms with van der Waals surface area (Å²) in [6.45, 7) is -0.544. The Labute approximate surface area is 86.9 Å². The molecule has 6 heteroatoms. The Hall–Kier alpha value is -0.750. The van der Waals surface area contributed by atoms with E-state index in [2.05, 4.69) is 20.9 Å². The topological polar surface area (TPSA) is 53.1 Å². The molecule has 0 saturated heterocycles. The highest BCUT2D eigenvalue weighted by atomic mass is 79.9. The molecule has 2 N–H and O–H groups in total. The SMILES string of the molecule is O=c1[nH]c(CBr)c(C(F)F)cc1CO. The number of hydrogen-bond acceptors (Lipinski definition) is 2. The Morgan fingerprint density at radius 3 is 2.64 bits per heavy atom. The molecule has 1 rings (SSSR count). The van der Waals surface area contributed by atoms with Crippen LogP contribution in [0.2, 0.25) is 0 Å². The van der Waals surface area contributed by atoms with E-state index in [1.807, 2.05) is 0 Å². The van der Waals surface area contributed by atoms with Crippen LogP contribution in [-0.2, 0) is 11.9 Å². The zero-order valence-electron chi connectivity index (χ0n) is 7.06. The van der Waals surface area contributed by atoms with Crippen molar-refractivity contribution in [2.45, 2.75) is 18.4 Å². The number of aliphatic hydroxyl groups excluding tert-OH is 1. The number of alkyl halides is 3. The fraction of sp³-hybridized carbons (Fsp3) is 0.375. The summed E-state index contributed by atoms with van der Waals surface area (Å²) >= 11 is 2.99. The largest absolute Gasteiger partial charge is 0.391 e. The fourth-order valence-corrected chi connectivity index (χ4v) is 1.52. The lowest BCUT2D eigenvalue weighted by molar-refractivity contribution is 0.149. The van der Waals surface area contributed by atoms with Crippen LogP contribution in [0.15, 0.2) is 10.9 Å². The van der Waals surface area contributed by atoms with Gasteiger partial charge in [-0.25, -0.2) is 8.78 Å². The quantitative estimate of drug-likeness (QED) is 0.820. The molecule has 0 spiro atoms. The maximum absolute atomic E-state index is 12.4. The predicted octanol–water partition coefficient (Wildman–Crippen LogP) is 1.70. The van der Waals surface area contributed by atoms with Gasteiger partial charge in [0.25, 0.3) is 12.0 Å². The summed E-state index contributed by atoms with van der Waals surface area (Å²) in [4.78, 5) is 13.4. The van der Waals surface area contributed by atoms with Gasteiger partial charge in [-0.15, -0.1) is 0 Å². The molecule has 0 unspecified atom stereocenters. The minimum atomic E-state index is -2.66. The van der Waals surface area contributed by atoms with Crippen molar-refractivity contribution < 1.29 is 13.9 Å². The van der Waals surface area contributed by atoms with Gasteiger partial charge in [-0.05, 0) is 6.07 Å². The summed E-state index contributed by atoms with van der Waals surface area (Å²) in [5.74, 6) is 0. The number of pyridine rings is 1. The minimum Gasteiger partial charge on any atom is -0.391 e. The van der Waals surface area contributed by atoms with Crippen LogP contribution in [0.4, 0.5) is 8.78 Å². The number of hydrogen-bond donors (Lipinski definition) is 2. The Kier molecular flexibility index (Phi) is 3.77. The van der Waals surface area contributed by atoms with E-state index in [0.29, 0.717) is 0 Å². The zero-order valence-corrected chi connectivity index (χ0v) is 8.64. The van der Waals surface area contributed by atoms with Crippen molar-refractivity contribution in [3.05, 3.63) is 33.2 Å². The Balaban J connectivity index is 3.32. The third kappa shape index (κ3) is 2.19. The maximum atomic E-state index is 12.4. The van der Waals surface area contributed by atoms with Crippen LogP contribution in [0.3, 0.4) is 0 Å². The Bertz CT molecular complexity index is 378. The van der Waals surface area contributed by atoms with E-state index < -0.39 is 18.6 Å². The highest BCUT2D eigenvalue weighted by Gasteiger charge is 2.15. The molecule has 1 aromatic heterocycles. The van der Waals surface area contributed by atoms with Crippen LogP contribution >= 0.6 is 15.9 Å². The second-order valence-corrected chi connectivity index (χ2v) is 3.21. The van der Waals surface area contributed by atoms with Crippen molar-refractivity contribution in [2.24, 2.45) is 0 Å². The predicted molar refractivity (Wildman–Crippen MR) is 50.6 cm³/mol. The molecule has 0 saturated carbocycles. The lowest BCUT2D eigenvalue weighted by atomic mass is 10.1. The first-order chi connectivity index (χ1) is 6.60. The Morgan fingerprint density at radius 1 is 1.57 bits per heavy atom. The van der Waals surface area contributed by atoms with Crippen molar-refractivity contribution in [1.82, 2.24) is 4.98 Å².